The molecule has 0 aromatic carbocycles. The molecule has 2 aliphatic rings. The van der Waals surface area contributed by atoms with Gasteiger partial charge < -0.3 is 5.73 Å². The van der Waals surface area contributed by atoms with Gasteiger partial charge in [0, 0.05) is 6.04 Å². The van der Waals surface area contributed by atoms with Crippen molar-refractivity contribution in [3.8, 4) is 0 Å². The van der Waals surface area contributed by atoms with Crippen molar-refractivity contribution < 1.29 is 0 Å². The highest BCUT2D eigenvalue weighted by Gasteiger charge is 2.59. The maximum absolute atomic E-state index is 6.41. The maximum Gasteiger partial charge on any atom is 0.0124 e. The molecule has 2 saturated carbocycles. The van der Waals surface area contributed by atoms with Crippen molar-refractivity contribution in [3.63, 3.8) is 0 Å². The predicted octanol–water partition coefficient (Wildman–Crippen LogP) is 3.82. The molecule has 0 saturated heterocycles. The van der Waals surface area contributed by atoms with Gasteiger partial charge in [-0.2, -0.15) is 0 Å². The molecule has 0 aromatic heterocycles. The van der Waals surface area contributed by atoms with E-state index in [0.29, 0.717) is 11.5 Å². The Balaban J connectivity index is 2.02. The highest BCUT2D eigenvalue weighted by atomic mass is 14.8. The van der Waals surface area contributed by atoms with Gasteiger partial charge in [0.15, 0.2) is 0 Å². The molecule has 94 valence electrons. The lowest BCUT2D eigenvalue weighted by molar-refractivity contribution is 0.0912. The van der Waals surface area contributed by atoms with Crippen LogP contribution >= 0.6 is 0 Å². The Kier molecular flexibility index (Phi) is 3.36. The third-order valence-electron chi connectivity index (χ3n) is 6.05. The van der Waals surface area contributed by atoms with Crippen LogP contribution in [-0.2, 0) is 0 Å². The molecule has 1 nitrogen and oxygen atoms in total. The molecule has 2 bridgehead atoms. The summed E-state index contributed by atoms with van der Waals surface area (Å²) < 4.78 is 0. The Morgan fingerprint density at radius 1 is 1.25 bits per heavy atom. The minimum Gasteiger partial charge on any atom is -0.327 e. The summed E-state index contributed by atoms with van der Waals surface area (Å²) in [5.74, 6) is 3.49. The van der Waals surface area contributed by atoms with Crippen LogP contribution in [0, 0.1) is 29.1 Å². The van der Waals surface area contributed by atoms with Crippen molar-refractivity contribution in [3.05, 3.63) is 0 Å². The van der Waals surface area contributed by atoms with E-state index in [1.165, 1.54) is 32.1 Å². The number of rotatable bonds is 4. The molecule has 0 amide bonds. The van der Waals surface area contributed by atoms with Gasteiger partial charge in [0.25, 0.3) is 0 Å². The van der Waals surface area contributed by atoms with Crippen LogP contribution in [0.25, 0.3) is 0 Å². The van der Waals surface area contributed by atoms with E-state index in [1.54, 1.807) is 0 Å². The Bertz CT molecular complexity index is 250. The van der Waals surface area contributed by atoms with Gasteiger partial charge in [0.1, 0.15) is 0 Å². The second-order valence-corrected chi connectivity index (χ2v) is 6.71. The summed E-state index contributed by atoms with van der Waals surface area (Å²) in [4.78, 5) is 0. The molecule has 0 radical (unpaired) electrons. The average molecular weight is 223 g/mol. The first-order valence-corrected chi connectivity index (χ1v) is 7.28. The molecule has 2 aliphatic carbocycles. The lowest BCUT2D eigenvalue weighted by atomic mass is 9.65. The van der Waals surface area contributed by atoms with Crippen LogP contribution in [0.5, 0.6) is 0 Å². The Hall–Kier alpha value is -0.0400. The Morgan fingerprint density at radius 3 is 2.50 bits per heavy atom. The van der Waals surface area contributed by atoms with E-state index in [1.807, 2.05) is 0 Å². The molecular formula is C15H29N. The van der Waals surface area contributed by atoms with Gasteiger partial charge in [0.2, 0.25) is 0 Å². The van der Waals surface area contributed by atoms with Gasteiger partial charge in [0.05, 0.1) is 0 Å². The molecule has 2 fully saturated rings. The fourth-order valence-corrected chi connectivity index (χ4v) is 4.68. The zero-order valence-electron chi connectivity index (χ0n) is 11.5. The van der Waals surface area contributed by atoms with Crippen molar-refractivity contribution in [2.75, 3.05) is 0 Å². The highest BCUT2D eigenvalue weighted by Crippen LogP contribution is 2.62. The molecule has 0 heterocycles. The molecule has 6 atom stereocenters. The van der Waals surface area contributed by atoms with Crippen molar-refractivity contribution in [2.24, 2.45) is 34.8 Å². The number of fused-ring (bicyclic) bond motifs is 2. The summed E-state index contributed by atoms with van der Waals surface area (Å²) in [6.45, 7) is 9.59. The van der Waals surface area contributed by atoms with Crippen LogP contribution < -0.4 is 5.73 Å². The SMILES string of the molecule is CCCCC[C@H]1C2C[C@@](C)(C(N)[C@@H]2C)C1C. The van der Waals surface area contributed by atoms with Gasteiger partial charge in [-0.1, -0.05) is 47.0 Å². The number of hydrogen-bond donors (Lipinski definition) is 1. The van der Waals surface area contributed by atoms with Crippen LogP contribution in [-0.4, -0.2) is 6.04 Å². The number of unbranched alkanes of at least 4 members (excludes halogenated alkanes) is 2. The van der Waals surface area contributed by atoms with Gasteiger partial charge >= 0.3 is 0 Å². The normalized spacial score (nSPS) is 51.2. The first kappa shape index (κ1) is 12.4. The van der Waals surface area contributed by atoms with E-state index >= 15 is 0 Å². The monoisotopic (exact) mass is 223 g/mol. The van der Waals surface area contributed by atoms with Gasteiger partial charge in [-0.3, -0.25) is 0 Å². The molecule has 0 aromatic rings. The minimum atomic E-state index is 0.445. The van der Waals surface area contributed by atoms with E-state index in [2.05, 4.69) is 27.7 Å². The molecule has 2 N–H and O–H groups in total. The summed E-state index contributed by atoms with van der Waals surface area (Å²) in [6.07, 6.45) is 7.03. The van der Waals surface area contributed by atoms with Crippen molar-refractivity contribution in [2.45, 2.75) is 65.8 Å². The topological polar surface area (TPSA) is 26.0 Å². The Labute approximate surface area is 101 Å². The van der Waals surface area contributed by atoms with Crippen LogP contribution in [0.3, 0.4) is 0 Å². The summed E-state index contributed by atoms with van der Waals surface area (Å²) in [5, 5.41) is 0. The zero-order chi connectivity index (χ0) is 11.9. The van der Waals surface area contributed by atoms with E-state index in [-0.39, 0.29) is 0 Å². The highest BCUT2D eigenvalue weighted by molar-refractivity contribution is 5.11. The minimum absolute atomic E-state index is 0.445. The fraction of sp³-hybridized carbons (Fsp3) is 1.00. The number of hydrogen-bond acceptors (Lipinski definition) is 1. The van der Waals surface area contributed by atoms with E-state index in [0.717, 1.165) is 23.7 Å². The van der Waals surface area contributed by atoms with Gasteiger partial charge in [-0.15, -0.1) is 0 Å². The van der Waals surface area contributed by atoms with Crippen LogP contribution in [0.2, 0.25) is 0 Å². The second-order valence-electron chi connectivity index (χ2n) is 6.71. The lowest BCUT2D eigenvalue weighted by Gasteiger charge is -2.42. The standard InChI is InChI=1S/C15H29N/c1-5-6-7-8-12-11(3)15(4)9-13(12)10(2)14(15)16/h10-14H,5-9,16H2,1-4H3/t10-,11?,12-,13?,14?,15-/m1/s1. The Morgan fingerprint density at radius 2 is 1.94 bits per heavy atom. The summed E-state index contributed by atoms with van der Waals surface area (Å²) in [6, 6.07) is 0.454. The van der Waals surface area contributed by atoms with Crippen molar-refractivity contribution >= 4 is 0 Å². The predicted molar refractivity (Wildman–Crippen MR) is 70.1 cm³/mol. The summed E-state index contributed by atoms with van der Waals surface area (Å²) >= 11 is 0. The van der Waals surface area contributed by atoms with Crippen molar-refractivity contribution in [1.29, 1.82) is 0 Å². The van der Waals surface area contributed by atoms with Crippen LogP contribution in [0.1, 0.15) is 59.8 Å². The maximum atomic E-state index is 6.41. The van der Waals surface area contributed by atoms with Crippen molar-refractivity contribution in [1.82, 2.24) is 0 Å². The van der Waals surface area contributed by atoms with Crippen LogP contribution in [0.15, 0.2) is 0 Å². The van der Waals surface area contributed by atoms with Crippen LogP contribution in [0.4, 0.5) is 0 Å². The lowest BCUT2D eigenvalue weighted by Crippen LogP contribution is -2.47. The first-order valence-electron chi connectivity index (χ1n) is 7.28. The summed E-state index contributed by atoms with van der Waals surface area (Å²) in [7, 11) is 0. The molecule has 2 rings (SSSR count). The zero-order valence-corrected chi connectivity index (χ0v) is 11.5. The van der Waals surface area contributed by atoms with E-state index < -0.39 is 0 Å². The molecular weight excluding hydrogens is 194 g/mol. The largest absolute Gasteiger partial charge is 0.327 e. The molecule has 1 heteroatoms. The smallest absolute Gasteiger partial charge is 0.0124 e. The summed E-state index contributed by atoms with van der Waals surface area (Å²) in [5.41, 5.74) is 6.85. The third-order valence-corrected chi connectivity index (χ3v) is 6.05. The molecule has 0 spiro atoms. The fourth-order valence-electron chi connectivity index (χ4n) is 4.68. The third kappa shape index (κ3) is 1.63. The second kappa shape index (κ2) is 4.33. The van der Waals surface area contributed by atoms with E-state index in [4.69, 9.17) is 5.73 Å². The van der Waals surface area contributed by atoms with Gasteiger partial charge in [-0.05, 0) is 41.9 Å². The first-order chi connectivity index (χ1) is 7.52. The van der Waals surface area contributed by atoms with E-state index in [9.17, 15) is 0 Å². The molecule has 16 heavy (non-hydrogen) atoms. The number of nitrogens with two attached hydrogens (primary N) is 1. The average Bonchev–Trinajstić information content (AvgIpc) is 2.64. The van der Waals surface area contributed by atoms with Gasteiger partial charge in [-0.25, -0.2) is 0 Å². The quantitative estimate of drug-likeness (QED) is 0.720. The molecule has 0 aliphatic heterocycles. The molecule has 3 unspecified atom stereocenters.